The highest BCUT2D eigenvalue weighted by Gasteiger charge is 2.01. The Bertz CT molecular complexity index is 308. The van der Waals surface area contributed by atoms with Crippen LogP contribution in [0.15, 0.2) is 24.8 Å². The van der Waals surface area contributed by atoms with Gasteiger partial charge >= 0.3 is 0 Å². The van der Waals surface area contributed by atoms with Crippen molar-refractivity contribution in [2.75, 3.05) is 0 Å². The fourth-order valence-corrected chi connectivity index (χ4v) is 1.58. The summed E-state index contributed by atoms with van der Waals surface area (Å²) in [6.07, 6.45) is 2.21. The van der Waals surface area contributed by atoms with Crippen molar-refractivity contribution in [3.8, 4) is 0 Å². The fourth-order valence-electron chi connectivity index (χ4n) is 1.58. The minimum Gasteiger partial charge on any atom is -0.0955 e. The molecular formula is C13H18. The Morgan fingerprint density at radius 3 is 2.38 bits per heavy atom. The van der Waals surface area contributed by atoms with Crippen LogP contribution in [0.25, 0.3) is 5.57 Å². The molecule has 13 heavy (non-hydrogen) atoms. The van der Waals surface area contributed by atoms with Crippen LogP contribution in [0.1, 0.15) is 37.5 Å². The molecule has 1 aromatic carbocycles. The first-order valence-corrected chi connectivity index (χ1v) is 4.96. The molecule has 0 nitrogen and oxygen atoms in total. The maximum Gasteiger partial charge on any atom is -0.0201 e. The summed E-state index contributed by atoms with van der Waals surface area (Å²) in [5.41, 5.74) is 5.33. The molecule has 0 unspecified atom stereocenters. The first-order chi connectivity index (χ1) is 6.19. The van der Waals surface area contributed by atoms with Crippen molar-refractivity contribution in [1.29, 1.82) is 0 Å². The van der Waals surface area contributed by atoms with E-state index in [2.05, 4.69) is 45.5 Å². The van der Waals surface area contributed by atoms with Gasteiger partial charge in [0.1, 0.15) is 0 Å². The molecule has 0 atom stereocenters. The van der Waals surface area contributed by atoms with E-state index >= 15 is 0 Å². The van der Waals surface area contributed by atoms with Crippen molar-refractivity contribution in [3.05, 3.63) is 41.5 Å². The SMILES string of the molecule is C=C(C)c1ccc(CC)cc1CC. The molecule has 1 rings (SSSR count). The maximum atomic E-state index is 3.99. The van der Waals surface area contributed by atoms with Gasteiger partial charge in [0.2, 0.25) is 0 Å². The van der Waals surface area contributed by atoms with Crippen LogP contribution in [0.4, 0.5) is 0 Å². The molecule has 0 amide bonds. The number of benzene rings is 1. The quantitative estimate of drug-likeness (QED) is 0.653. The van der Waals surface area contributed by atoms with Crippen molar-refractivity contribution < 1.29 is 0 Å². The molecule has 0 heterocycles. The predicted molar refractivity (Wildman–Crippen MR) is 59.9 cm³/mol. The van der Waals surface area contributed by atoms with E-state index in [1.807, 2.05) is 0 Å². The lowest BCUT2D eigenvalue weighted by Crippen LogP contribution is -1.92. The summed E-state index contributed by atoms with van der Waals surface area (Å²) in [6, 6.07) is 6.69. The van der Waals surface area contributed by atoms with Crippen LogP contribution in [0, 0.1) is 0 Å². The maximum absolute atomic E-state index is 3.99. The van der Waals surface area contributed by atoms with E-state index in [4.69, 9.17) is 0 Å². The molecule has 0 saturated carbocycles. The van der Waals surface area contributed by atoms with Gasteiger partial charge in [0, 0.05) is 0 Å². The van der Waals surface area contributed by atoms with Crippen molar-refractivity contribution in [1.82, 2.24) is 0 Å². The molecule has 0 aromatic heterocycles. The highest BCUT2D eigenvalue weighted by molar-refractivity contribution is 5.64. The predicted octanol–water partition coefficient (Wildman–Crippen LogP) is 3.84. The molecular weight excluding hydrogens is 156 g/mol. The summed E-state index contributed by atoms with van der Waals surface area (Å²) < 4.78 is 0. The lowest BCUT2D eigenvalue weighted by atomic mass is 9.97. The van der Waals surface area contributed by atoms with Gasteiger partial charge < -0.3 is 0 Å². The van der Waals surface area contributed by atoms with Gasteiger partial charge in [-0.25, -0.2) is 0 Å². The van der Waals surface area contributed by atoms with Gasteiger partial charge in [0.15, 0.2) is 0 Å². The summed E-state index contributed by atoms with van der Waals surface area (Å²) in [6.45, 7) is 10.4. The summed E-state index contributed by atoms with van der Waals surface area (Å²) in [5.74, 6) is 0. The molecule has 0 N–H and O–H groups in total. The molecule has 0 heteroatoms. The Hall–Kier alpha value is -1.04. The van der Waals surface area contributed by atoms with Crippen LogP contribution in [0.5, 0.6) is 0 Å². The average Bonchev–Trinajstić information content (AvgIpc) is 2.16. The minimum atomic E-state index is 1.09. The third-order valence-corrected chi connectivity index (χ3v) is 2.42. The zero-order valence-electron chi connectivity index (χ0n) is 8.85. The number of hydrogen-bond acceptors (Lipinski definition) is 0. The molecule has 0 aliphatic heterocycles. The molecule has 0 aliphatic rings. The van der Waals surface area contributed by atoms with Gasteiger partial charge in [-0.2, -0.15) is 0 Å². The van der Waals surface area contributed by atoms with E-state index in [-0.39, 0.29) is 0 Å². The van der Waals surface area contributed by atoms with E-state index < -0.39 is 0 Å². The highest BCUT2D eigenvalue weighted by atomic mass is 14.1. The molecule has 0 spiro atoms. The van der Waals surface area contributed by atoms with E-state index in [1.165, 1.54) is 22.3 Å². The van der Waals surface area contributed by atoms with Crippen molar-refractivity contribution in [3.63, 3.8) is 0 Å². The largest absolute Gasteiger partial charge is 0.0955 e. The third-order valence-electron chi connectivity index (χ3n) is 2.42. The van der Waals surface area contributed by atoms with Crippen molar-refractivity contribution >= 4 is 5.57 Å². The second kappa shape index (κ2) is 4.27. The Labute approximate surface area is 81.3 Å². The van der Waals surface area contributed by atoms with Gasteiger partial charge in [-0.05, 0) is 36.5 Å². The van der Waals surface area contributed by atoms with Crippen LogP contribution < -0.4 is 0 Å². The zero-order chi connectivity index (χ0) is 9.84. The smallest absolute Gasteiger partial charge is 0.0201 e. The van der Waals surface area contributed by atoms with Gasteiger partial charge in [0.25, 0.3) is 0 Å². The Kier molecular flexibility index (Phi) is 3.30. The van der Waals surface area contributed by atoms with Gasteiger partial charge in [0.05, 0.1) is 0 Å². The molecule has 0 saturated heterocycles. The summed E-state index contributed by atoms with van der Waals surface area (Å²) in [7, 11) is 0. The Balaban J connectivity index is 3.15. The number of aryl methyl sites for hydroxylation is 2. The molecule has 0 bridgehead atoms. The monoisotopic (exact) mass is 174 g/mol. The number of allylic oxidation sites excluding steroid dienone is 1. The second-order valence-corrected chi connectivity index (χ2v) is 3.48. The van der Waals surface area contributed by atoms with Crippen molar-refractivity contribution in [2.45, 2.75) is 33.6 Å². The van der Waals surface area contributed by atoms with E-state index in [1.54, 1.807) is 0 Å². The van der Waals surface area contributed by atoms with Crippen LogP contribution in [-0.2, 0) is 12.8 Å². The molecule has 0 aliphatic carbocycles. The van der Waals surface area contributed by atoms with Crippen LogP contribution in [-0.4, -0.2) is 0 Å². The van der Waals surface area contributed by atoms with Crippen LogP contribution in [0.3, 0.4) is 0 Å². The average molecular weight is 174 g/mol. The highest BCUT2D eigenvalue weighted by Crippen LogP contribution is 2.19. The van der Waals surface area contributed by atoms with Crippen LogP contribution in [0.2, 0.25) is 0 Å². The molecule has 0 fully saturated rings. The third kappa shape index (κ3) is 2.21. The van der Waals surface area contributed by atoms with E-state index in [0.29, 0.717) is 0 Å². The van der Waals surface area contributed by atoms with Crippen LogP contribution >= 0.6 is 0 Å². The first kappa shape index (κ1) is 10.0. The lowest BCUT2D eigenvalue weighted by molar-refractivity contribution is 1.08. The summed E-state index contributed by atoms with van der Waals surface area (Å²) in [4.78, 5) is 0. The summed E-state index contributed by atoms with van der Waals surface area (Å²) >= 11 is 0. The van der Waals surface area contributed by atoms with Gasteiger partial charge in [-0.3, -0.25) is 0 Å². The normalized spacial score (nSPS) is 10.1. The van der Waals surface area contributed by atoms with E-state index in [9.17, 15) is 0 Å². The molecule has 1 aromatic rings. The standard InChI is InChI=1S/C13H18/c1-5-11-7-8-13(10(3)4)12(6-2)9-11/h7-9H,3,5-6H2,1-2,4H3. The van der Waals surface area contributed by atoms with Crippen molar-refractivity contribution in [2.24, 2.45) is 0 Å². The van der Waals surface area contributed by atoms with Gasteiger partial charge in [-0.1, -0.05) is 44.2 Å². The number of hydrogen-bond donors (Lipinski definition) is 0. The fraction of sp³-hybridized carbons (Fsp3) is 0.385. The Morgan fingerprint density at radius 1 is 1.23 bits per heavy atom. The first-order valence-electron chi connectivity index (χ1n) is 4.96. The second-order valence-electron chi connectivity index (χ2n) is 3.48. The molecule has 70 valence electrons. The Morgan fingerprint density at radius 2 is 1.92 bits per heavy atom. The van der Waals surface area contributed by atoms with Gasteiger partial charge in [-0.15, -0.1) is 0 Å². The van der Waals surface area contributed by atoms with E-state index in [0.717, 1.165) is 12.8 Å². The summed E-state index contributed by atoms with van der Waals surface area (Å²) in [5, 5.41) is 0. The molecule has 0 radical (unpaired) electrons. The number of rotatable bonds is 3. The lowest BCUT2D eigenvalue weighted by Gasteiger charge is -2.09. The topological polar surface area (TPSA) is 0 Å². The minimum absolute atomic E-state index is 1.09. The zero-order valence-corrected chi connectivity index (χ0v) is 8.85.